The van der Waals surface area contributed by atoms with Crippen LogP contribution in [0.1, 0.15) is 85.5 Å². The van der Waals surface area contributed by atoms with Gasteiger partial charge in [-0.1, -0.05) is 79.4 Å². The number of hydrogen-bond acceptors (Lipinski definition) is 4. The van der Waals surface area contributed by atoms with Crippen LogP contribution in [0.15, 0.2) is 54.7 Å². The topological polar surface area (TPSA) is 66.9 Å². The van der Waals surface area contributed by atoms with Crippen LogP contribution in [-0.4, -0.2) is 21.9 Å². The molecular formula is C30H34Cl2N4O. The zero-order chi connectivity index (χ0) is 25.8. The number of anilines is 1. The highest BCUT2D eigenvalue weighted by Crippen LogP contribution is 2.47. The number of carbonyl (C=O) groups is 1. The van der Waals surface area contributed by atoms with Gasteiger partial charge in [-0.25, -0.2) is 9.97 Å². The Morgan fingerprint density at radius 2 is 1.73 bits per heavy atom. The highest BCUT2D eigenvalue weighted by molar-refractivity contribution is 6.42. The van der Waals surface area contributed by atoms with E-state index in [0.29, 0.717) is 34.1 Å². The molecule has 0 saturated heterocycles. The van der Waals surface area contributed by atoms with Crippen molar-refractivity contribution in [2.45, 2.75) is 76.3 Å². The first-order valence-corrected chi connectivity index (χ1v) is 14.1. The van der Waals surface area contributed by atoms with Gasteiger partial charge in [0, 0.05) is 24.2 Å². The molecular weight excluding hydrogens is 503 g/mol. The fourth-order valence-electron chi connectivity index (χ4n) is 5.89. The second-order valence-corrected chi connectivity index (χ2v) is 11.5. The first-order valence-electron chi connectivity index (χ1n) is 13.4. The van der Waals surface area contributed by atoms with Crippen LogP contribution in [0.25, 0.3) is 0 Å². The minimum absolute atomic E-state index is 0.179. The molecule has 0 unspecified atom stereocenters. The van der Waals surface area contributed by atoms with Gasteiger partial charge >= 0.3 is 0 Å². The van der Waals surface area contributed by atoms with Gasteiger partial charge < -0.3 is 10.6 Å². The number of hydrogen-bond donors (Lipinski definition) is 2. The summed E-state index contributed by atoms with van der Waals surface area (Å²) in [5.74, 6) is 1.22. The molecule has 0 radical (unpaired) electrons. The van der Waals surface area contributed by atoms with E-state index in [1.807, 2.05) is 12.1 Å². The maximum Gasteiger partial charge on any atom is 0.255 e. The molecule has 0 atom stereocenters. The summed E-state index contributed by atoms with van der Waals surface area (Å²) >= 11 is 12.2. The highest BCUT2D eigenvalue weighted by Gasteiger charge is 2.41. The molecule has 1 aromatic heterocycles. The monoisotopic (exact) mass is 536 g/mol. The Kier molecular flexibility index (Phi) is 8.01. The minimum atomic E-state index is -0.308. The molecule has 2 fully saturated rings. The molecule has 0 aliphatic heterocycles. The van der Waals surface area contributed by atoms with E-state index in [1.165, 1.54) is 18.4 Å². The van der Waals surface area contributed by atoms with E-state index in [1.54, 1.807) is 18.3 Å². The Hall–Kier alpha value is -2.63. The lowest BCUT2D eigenvalue weighted by Gasteiger charge is -2.32. The van der Waals surface area contributed by atoms with Crippen molar-refractivity contribution in [3.05, 3.63) is 87.2 Å². The van der Waals surface area contributed by atoms with Crippen LogP contribution in [0, 0.1) is 5.92 Å². The first-order chi connectivity index (χ1) is 17.9. The molecule has 2 saturated carbocycles. The molecule has 1 amide bonds. The molecule has 0 bridgehead atoms. The number of aromatic nitrogens is 2. The molecule has 3 aromatic rings. The number of amides is 1. The van der Waals surface area contributed by atoms with Crippen LogP contribution in [0.5, 0.6) is 0 Å². The van der Waals surface area contributed by atoms with Crippen LogP contribution < -0.4 is 10.6 Å². The number of nitrogens with zero attached hydrogens (tertiary/aromatic N) is 2. The summed E-state index contributed by atoms with van der Waals surface area (Å²) in [4.78, 5) is 23.3. The summed E-state index contributed by atoms with van der Waals surface area (Å²) < 4.78 is 0. The average molecular weight is 538 g/mol. The SMILES string of the molecule is CC1CCC(Nc2ncc(C(=O)NCc3ccc(Cl)c(Cl)c3)c(C3(c4ccccc4)CCCC3)n2)CC1. The quantitative estimate of drug-likeness (QED) is 0.326. The lowest BCUT2D eigenvalue weighted by atomic mass is 9.74. The van der Waals surface area contributed by atoms with E-state index < -0.39 is 0 Å². The Morgan fingerprint density at radius 3 is 2.43 bits per heavy atom. The fraction of sp³-hybridized carbons (Fsp3) is 0.433. The Balaban J connectivity index is 1.47. The standard InChI is InChI=1S/C30H34Cl2N4O/c1-20-9-12-23(13-10-20)35-29-34-19-24(28(37)33-18-21-11-14-25(31)26(32)17-21)27(36-29)30(15-5-6-16-30)22-7-3-2-4-8-22/h2-4,7-8,11,14,17,19-20,23H,5-6,9-10,12-13,15-16,18H2,1H3,(H,33,37)(H,34,35,36). The maximum atomic E-state index is 13.6. The Bertz CT molecular complexity index is 1240. The molecule has 5 nitrogen and oxygen atoms in total. The molecule has 0 spiro atoms. The van der Waals surface area contributed by atoms with E-state index in [4.69, 9.17) is 28.2 Å². The van der Waals surface area contributed by atoms with Gasteiger partial charge in [-0.05, 0) is 67.7 Å². The van der Waals surface area contributed by atoms with E-state index in [9.17, 15) is 4.79 Å². The second-order valence-electron chi connectivity index (χ2n) is 10.6. The van der Waals surface area contributed by atoms with Crippen molar-refractivity contribution in [2.75, 3.05) is 5.32 Å². The zero-order valence-corrected chi connectivity index (χ0v) is 22.8. The molecule has 2 aliphatic rings. The number of carbonyl (C=O) groups excluding carboxylic acids is 1. The van der Waals surface area contributed by atoms with Crippen LogP contribution in [0.4, 0.5) is 5.95 Å². The molecule has 37 heavy (non-hydrogen) atoms. The van der Waals surface area contributed by atoms with Crippen molar-refractivity contribution < 1.29 is 4.79 Å². The highest BCUT2D eigenvalue weighted by atomic mass is 35.5. The molecule has 194 valence electrons. The largest absolute Gasteiger partial charge is 0.351 e. The van der Waals surface area contributed by atoms with Gasteiger partial charge in [-0.15, -0.1) is 0 Å². The van der Waals surface area contributed by atoms with E-state index in [0.717, 1.165) is 55.7 Å². The van der Waals surface area contributed by atoms with Gasteiger partial charge in [-0.3, -0.25) is 4.79 Å². The second kappa shape index (κ2) is 11.4. The van der Waals surface area contributed by atoms with Crippen LogP contribution in [0.2, 0.25) is 10.0 Å². The summed E-state index contributed by atoms with van der Waals surface area (Å²) in [7, 11) is 0. The van der Waals surface area contributed by atoms with Gasteiger partial charge in [-0.2, -0.15) is 0 Å². The van der Waals surface area contributed by atoms with Crippen molar-refractivity contribution in [1.82, 2.24) is 15.3 Å². The molecule has 5 rings (SSSR count). The summed E-state index contributed by atoms with van der Waals surface area (Å²) in [5, 5.41) is 7.61. The van der Waals surface area contributed by atoms with E-state index >= 15 is 0 Å². The lowest BCUT2D eigenvalue weighted by Crippen LogP contribution is -2.33. The zero-order valence-electron chi connectivity index (χ0n) is 21.3. The third-order valence-electron chi connectivity index (χ3n) is 8.06. The number of benzene rings is 2. The van der Waals surface area contributed by atoms with Gasteiger partial charge in [0.1, 0.15) is 0 Å². The average Bonchev–Trinajstić information content (AvgIpc) is 3.42. The molecule has 2 N–H and O–H groups in total. The third kappa shape index (κ3) is 5.78. The fourth-order valence-corrected chi connectivity index (χ4v) is 6.22. The van der Waals surface area contributed by atoms with E-state index in [-0.39, 0.29) is 11.3 Å². The predicted molar refractivity (Wildman–Crippen MR) is 150 cm³/mol. The van der Waals surface area contributed by atoms with Gasteiger partial charge in [0.25, 0.3) is 5.91 Å². The number of nitrogens with one attached hydrogen (secondary N) is 2. The smallest absolute Gasteiger partial charge is 0.255 e. The van der Waals surface area contributed by atoms with Gasteiger partial charge in [0.2, 0.25) is 5.95 Å². The molecule has 7 heteroatoms. The summed E-state index contributed by atoms with van der Waals surface area (Å²) in [5.41, 5.74) is 3.15. The van der Waals surface area contributed by atoms with Crippen LogP contribution in [-0.2, 0) is 12.0 Å². The summed E-state index contributed by atoms with van der Waals surface area (Å²) in [6, 6.07) is 16.3. The van der Waals surface area contributed by atoms with Crippen molar-refractivity contribution >= 4 is 35.1 Å². The molecule has 1 heterocycles. The molecule has 2 aliphatic carbocycles. The van der Waals surface area contributed by atoms with Crippen LogP contribution >= 0.6 is 23.2 Å². The normalized spacial score (nSPS) is 20.9. The lowest BCUT2D eigenvalue weighted by molar-refractivity contribution is 0.0947. The number of halogens is 2. The first kappa shape index (κ1) is 26.0. The molecule has 2 aromatic carbocycles. The van der Waals surface area contributed by atoms with Crippen molar-refractivity contribution in [2.24, 2.45) is 5.92 Å². The third-order valence-corrected chi connectivity index (χ3v) is 8.80. The van der Waals surface area contributed by atoms with Crippen molar-refractivity contribution in [3.63, 3.8) is 0 Å². The Labute approximate surface area is 229 Å². The Morgan fingerprint density at radius 1 is 1.00 bits per heavy atom. The van der Waals surface area contributed by atoms with E-state index in [2.05, 4.69) is 46.8 Å². The van der Waals surface area contributed by atoms with Crippen molar-refractivity contribution in [1.29, 1.82) is 0 Å². The van der Waals surface area contributed by atoms with Gasteiger partial charge in [0.05, 0.1) is 21.3 Å². The maximum absolute atomic E-state index is 13.6. The van der Waals surface area contributed by atoms with Gasteiger partial charge in [0.15, 0.2) is 0 Å². The predicted octanol–water partition coefficient (Wildman–Crippen LogP) is 7.56. The summed E-state index contributed by atoms with van der Waals surface area (Å²) in [6.07, 6.45) is 10.5. The number of rotatable bonds is 7. The van der Waals surface area contributed by atoms with Crippen molar-refractivity contribution in [3.8, 4) is 0 Å². The summed E-state index contributed by atoms with van der Waals surface area (Å²) in [6.45, 7) is 2.66. The minimum Gasteiger partial charge on any atom is -0.351 e. The van der Waals surface area contributed by atoms with Crippen LogP contribution in [0.3, 0.4) is 0 Å².